The molecule has 0 aliphatic heterocycles. The highest BCUT2D eigenvalue weighted by Gasteiger charge is 2.23. The summed E-state index contributed by atoms with van der Waals surface area (Å²) in [6.45, 7) is 9.30. The Hall–Kier alpha value is -3.53. The Morgan fingerprint density at radius 2 is 1.84 bits per heavy atom. The number of esters is 1. The molecule has 9 nitrogen and oxygen atoms in total. The Kier molecular flexibility index (Phi) is 6.73. The zero-order valence-electron chi connectivity index (χ0n) is 18.5. The van der Waals surface area contributed by atoms with Crippen LogP contribution in [0.4, 0.5) is 10.7 Å². The van der Waals surface area contributed by atoms with Crippen LogP contribution < -0.4 is 5.32 Å². The second-order valence-corrected chi connectivity index (χ2v) is 8.52. The van der Waals surface area contributed by atoms with Gasteiger partial charge in [-0.3, -0.25) is 19.6 Å². The van der Waals surface area contributed by atoms with Crippen molar-refractivity contribution in [2.75, 3.05) is 11.9 Å². The topological polar surface area (TPSA) is 116 Å². The lowest BCUT2D eigenvalue weighted by atomic mass is 10.1. The van der Waals surface area contributed by atoms with Gasteiger partial charge in [-0.15, -0.1) is 11.3 Å². The Labute approximate surface area is 189 Å². The number of nitrogens with one attached hydrogen (secondary N) is 1. The van der Waals surface area contributed by atoms with Gasteiger partial charge in [0.25, 0.3) is 5.91 Å². The summed E-state index contributed by atoms with van der Waals surface area (Å²) in [5.74, 6) is -0.802. The van der Waals surface area contributed by atoms with Crippen LogP contribution in [-0.2, 0) is 11.3 Å². The summed E-state index contributed by atoms with van der Waals surface area (Å²) in [5.41, 5.74) is 3.29. The molecule has 0 radical (unpaired) electrons. The van der Waals surface area contributed by atoms with E-state index < -0.39 is 10.9 Å². The van der Waals surface area contributed by atoms with Crippen LogP contribution >= 0.6 is 11.3 Å². The minimum atomic E-state index is -0.459. The van der Waals surface area contributed by atoms with Crippen LogP contribution in [0.5, 0.6) is 0 Å². The molecule has 0 aliphatic rings. The molecule has 32 heavy (non-hydrogen) atoms. The fraction of sp³-hybridized carbons (Fsp3) is 0.318. The molecule has 0 aliphatic carbocycles. The fourth-order valence-electron chi connectivity index (χ4n) is 3.38. The molecule has 1 amide bonds. The molecule has 0 saturated heterocycles. The highest BCUT2D eigenvalue weighted by molar-refractivity contribution is 7.16. The van der Waals surface area contributed by atoms with Gasteiger partial charge >= 0.3 is 11.7 Å². The summed E-state index contributed by atoms with van der Waals surface area (Å²) in [6, 6.07) is 6.88. The van der Waals surface area contributed by atoms with Crippen LogP contribution in [0.25, 0.3) is 0 Å². The van der Waals surface area contributed by atoms with Gasteiger partial charge in [-0.2, -0.15) is 5.10 Å². The Morgan fingerprint density at radius 3 is 2.41 bits per heavy atom. The number of aromatic nitrogens is 2. The number of aryl methyl sites for hydroxylation is 2. The number of hydrogen-bond donors (Lipinski definition) is 1. The number of benzene rings is 1. The smallest absolute Gasteiger partial charge is 0.341 e. The van der Waals surface area contributed by atoms with E-state index in [1.165, 1.54) is 11.3 Å². The molecule has 0 spiro atoms. The maximum Gasteiger partial charge on any atom is 0.341 e. The zero-order valence-corrected chi connectivity index (χ0v) is 19.3. The molecular formula is C22H24N4O5S. The predicted molar refractivity (Wildman–Crippen MR) is 122 cm³/mol. The summed E-state index contributed by atoms with van der Waals surface area (Å²) in [6.07, 6.45) is 0. The highest BCUT2D eigenvalue weighted by atomic mass is 32.1. The first-order valence-corrected chi connectivity index (χ1v) is 10.8. The van der Waals surface area contributed by atoms with Crippen LogP contribution in [0.15, 0.2) is 24.3 Å². The largest absolute Gasteiger partial charge is 0.462 e. The van der Waals surface area contributed by atoms with Crippen LogP contribution in [0.1, 0.15) is 55.0 Å². The summed E-state index contributed by atoms with van der Waals surface area (Å²) in [7, 11) is 0. The van der Waals surface area contributed by atoms with Gasteiger partial charge < -0.3 is 10.1 Å². The summed E-state index contributed by atoms with van der Waals surface area (Å²) >= 11 is 1.33. The summed E-state index contributed by atoms with van der Waals surface area (Å²) in [5, 5.41) is 18.7. The maximum atomic E-state index is 12.8. The second kappa shape index (κ2) is 9.31. The van der Waals surface area contributed by atoms with E-state index in [1.807, 2.05) is 13.8 Å². The maximum absolute atomic E-state index is 12.8. The predicted octanol–water partition coefficient (Wildman–Crippen LogP) is 4.56. The van der Waals surface area contributed by atoms with Gasteiger partial charge in [0.1, 0.15) is 16.4 Å². The monoisotopic (exact) mass is 456 g/mol. The molecule has 2 heterocycles. The Balaban J connectivity index is 1.77. The molecule has 0 fully saturated rings. The van der Waals surface area contributed by atoms with E-state index in [9.17, 15) is 19.7 Å². The van der Waals surface area contributed by atoms with E-state index in [-0.39, 0.29) is 18.2 Å². The average Bonchev–Trinajstić information content (AvgIpc) is 3.16. The lowest BCUT2D eigenvalue weighted by molar-refractivity contribution is -0.386. The third kappa shape index (κ3) is 4.54. The van der Waals surface area contributed by atoms with Gasteiger partial charge in [-0.05, 0) is 57.9 Å². The third-order valence-electron chi connectivity index (χ3n) is 5.17. The van der Waals surface area contributed by atoms with E-state index >= 15 is 0 Å². The number of rotatable bonds is 7. The molecule has 0 unspecified atom stereocenters. The Morgan fingerprint density at radius 1 is 1.19 bits per heavy atom. The number of nitrogens with zero attached hydrogens (tertiary/aromatic N) is 3. The molecule has 3 aromatic rings. The number of amides is 1. The standard InChI is InChI=1S/C22H24N4O5S/c1-6-31-22(28)18-12(2)15(5)32-21(18)23-20(27)17-9-7-16(8-10-17)11-25-14(4)19(26(29)30)13(3)24-25/h7-10H,6,11H2,1-5H3,(H,23,27). The molecule has 3 rings (SSSR count). The molecule has 10 heteroatoms. The molecular weight excluding hydrogens is 432 g/mol. The van der Waals surface area contributed by atoms with Crippen molar-refractivity contribution in [2.45, 2.75) is 41.2 Å². The summed E-state index contributed by atoms with van der Waals surface area (Å²) in [4.78, 5) is 36.8. The second-order valence-electron chi connectivity index (χ2n) is 7.29. The van der Waals surface area contributed by atoms with Crippen molar-refractivity contribution in [2.24, 2.45) is 0 Å². The first kappa shape index (κ1) is 23.1. The first-order chi connectivity index (χ1) is 15.1. The van der Waals surface area contributed by atoms with Crippen LogP contribution in [-0.4, -0.2) is 33.2 Å². The van der Waals surface area contributed by atoms with E-state index in [2.05, 4.69) is 10.4 Å². The molecule has 0 atom stereocenters. The average molecular weight is 457 g/mol. The molecule has 168 valence electrons. The lowest BCUT2D eigenvalue weighted by Crippen LogP contribution is -2.15. The van der Waals surface area contributed by atoms with Gasteiger partial charge in [-0.25, -0.2) is 4.79 Å². The minimum absolute atomic E-state index is 0.0138. The van der Waals surface area contributed by atoms with Crippen LogP contribution in [0, 0.1) is 37.8 Å². The van der Waals surface area contributed by atoms with E-state index in [0.29, 0.717) is 34.1 Å². The Bertz CT molecular complexity index is 1190. The number of thiophene rings is 1. The first-order valence-electron chi connectivity index (χ1n) is 9.99. The molecule has 1 N–H and O–H groups in total. The highest BCUT2D eigenvalue weighted by Crippen LogP contribution is 2.33. The normalized spacial score (nSPS) is 10.8. The van der Waals surface area contributed by atoms with Crippen LogP contribution in [0.3, 0.4) is 0 Å². The van der Waals surface area contributed by atoms with Crippen molar-refractivity contribution in [3.05, 3.63) is 72.9 Å². The number of nitro groups is 1. The summed E-state index contributed by atoms with van der Waals surface area (Å²) < 4.78 is 6.70. The number of carbonyl (C=O) groups is 2. The number of carbonyl (C=O) groups excluding carboxylic acids is 2. The lowest BCUT2D eigenvalue weighted by Gasteiger charge is -2.08. The van der Waals surface area contributed by atoms with Crippen molar-refractivity contribution in [1.29, 1.82) is 0 Å². The third-order valence-corrected chi connectivity index (χ3v) is 6.29. The van der Waals surface area contributed by atoms with E-state index in [1.54, 1.807) is 49.7 Å². The molecule has 2 aromatic heterocycles. The van der Waals surface area contributed by atoms with Gasteiger partial charge in [-0.1, -0.05) is 12.1 Å². The van der Waals surface area contributed by atoms with Gasteiger partial charge in [0.15, 0.2) is 0 Å². The van der Waals surface area contributed by atoms with Crippen molar-refractivity contribution in [3.63, 3.8) is 0 Å². The van der Waals surface area contributed by atoms with Gasteiger partial charge in [0.2, 0.25) is 0 Å². The van der Waals surface area contributed by atoms with Crippen molar-refractivity contribution >= 4 is 33.9 Å². The fourth-order valence-corrected chi connectivity index (χ4v) is 4.42. The number of anilines is 1. The van der Waals surface area contributed by atoms with E-state index in [4.69, 9.17) is 4.74 Å². The van der Waals surface area contributed by atoms with Crippen molar-refractivity contribution < 1.29 is 19.2 Å². The van der Waals surface area contributed by atoms with Crippen LogP contribution in [0.2, 0.25) is 0 Å². The zero-order chi connectivity index (χ0) is 23.6. The van der Waals surface area contributed by atoms with Gasteiger partial charge in [0, 0.05) is 10.4 Å². The van der Waals surface area contributed by atoms with Crippen molar-refractivity contribution in [3.8, 4) is 0 Å². The van der Waals surface area contributed by atoms with E-state index in [0.717, 1.165) is 16.0 Å². The number of hydrogen-bond acceptors (Lipinski definition) is 7. The molecule has 1 aromatic carbocycles. The quantitative estimate of drug-likeness (QED) is 0.316. The SMILES string of the molecule is CCOC(=O)c1c(NC(=O)c2ccc(Cn3nc(C)c([N+](=O)[O-])c3C)cc2)sc(C)c1C. The van der Waals surface area contributed by atoms with Crippen molar-refractivity contribution in [1.82, 2.24) is 9.78 Å². The molecule has 0 bridgehead atoms. The van der Waals surface area contributed by atoms with Gasteiger partial charge in [0.05, 0.1) is 23.6 Å². The molecule has 0 saturated carbocycles. The minimum Gasteiger partial charge on any atom is -0.462 e. The number of ether oxygens (including phenoxy) is 1.